The van der Waals surface area contributed by atoms with Crippen LogP contribution in [-0.2, 0) is 9.59 Å². The van der Waals surface area contributed by atoms with E-state index in [1.54, 1.807) is 6.07 Å². The van der Waals surface area contributed by atoms with Crippen LogP contribution in [0.15, 0.2) is 24.3 Å². The second-order valence-electron chi connectivity index (χ2n) is 4.49. The quantitative estimate of drug-likeness (QED) is 0.764. The monoisotopic (exact) mass is 266 g/mol. The maximum Gasteiger partial charge on any atom is 0.246 e. The molecule has 19 heavy (non-hydrogen) atoms. The molecule has 2 N–H and O–H groups in total. The van der Waals surface area contributed by atoms with Crippen LogP contribution in [0, 0.1) is 5.82 Å². The number of likely N-dealkylation sites (N-methyl/N-ethyl adjacent to an activating group) is 1. The molecule has 0 bridgehead atoms. The average Bonchev–Trinajstić information content (AvgIpc) is 2.64. The van der Waals surface area contributed by atoms with E-state index in [4.69, 9.17) is 0 Å². The molecule has 1 aliphatic rings. The predicted octanol–water partition coefficient (Wildman–Crippen LogP) is 0.206. The van der Waals surface area contributed by atoms with E-state index in [-0.39, 0.29) is 30.3 Å². The van der Waals surface area contributed by atoms with Gasteiger partial charge in [0.25, 0.3) is 0 Å². The summed E-state index contributed by atoms with van der Waals surface area (Å²) < 4.78 is 13.4. The number of aliphatic hydroxyl groups is 1. The zero-order valence-electron chi connectivity index (χ0n) is 10.5. The number of aliphatic hydroxyl groups excluding tert-OH is 1. The Labute approximate surface area is 110 Å². The van der Waals surface area contributed by atoms with E-state index >= 15 is 0 Å². The van der Waals surface area contributed by atoms with Gasteiger partial charge in [0.1, 0.15) is 5.82 Å². The molecule has 0 radical (unpaired) electrons. The van der Waals surface area contributed by atoms with Gasteiger partial charge < -0.3 is 10.4 Å². The van der Waals surface area contributed by atoms with Crippen LogP contribution in [0.5, 0.6) is 0 Å². The summed E-state index contributed by atoms with van der Waals surface area (Å²) in [6, 6.07) is 5.26. The van der Waals surface area contributed by atoms with Gasteiger partial charge in [-0.15, -0.1) is 0 Å². The number of likely N-dealkylation sites (tertiary alicyclic amines) is 1. The number of carbonyl (C=O) groups excluding carboxylic acids is 2. The van der Waals surface area contributed by atoms with E-state index < -0.39 is 18.0 Å². The van der Waals surface area contributed by atoms with Crippen molar-refractivity contribution in [3.63, 3.8) is 0 Å². The van der Waals surface area contributed by atoms with Crippen molar-refractivity contribution in [3.8, 4) is 0 Å². The summed E-state index contributed by atoms with van der Waals surface area (Å²) in [7, 11) is 1.42. The van der Waals surface area contributed by atoms with E-state index in [9.17, 15) is 19.1 Å². The number of halogens is 1. The van der Waals surface area contributed by atoms with E-state index in [0.717, 1.165) is 4.90 Å². The topological polar surface area (TPSA) is 69.6 Å². The largest absolute Gasteiger partial charge is 0.387 e. The highest BCUT2D eigenvalue weighted by Gasteiger charge is 2.35. The smallest absolute Gasteiger partial charge is 0.246 e. The number of hydrogen-bond donors (Lipinski definition) is 2. The molecule has 102 valence electrons. The number of benzene rings is 1. The lowest BCUT2D eigenvalue weighted by atomic mass is 10.1. The molecule has 2 amide bonds. The van der Waals surface area contributed by atoms with Crippen LogP contribution in [0.25, 0.3) is 0 Å². The standard InChI is InChI=1S/C13H15FN2O3/c1-16-12(18)6-10(13(16)19)15-7-11(17)8-4-2-3-5-9(8)14/h2-5,10-11,15,17H,6-7H2,1H3. The fourth-order valence-corrected chi connectivity index (χ4v) is 2.02. The van der Waals surface area contributed by atoms with Crippen LogP contribution in [-0.4, -0.2) is 41.5 Å². The lowest BCUT2D eigenvalue weighted by Gasteiger charge is -2.15. The van der Waals surface area contributed by atoms with Crippen molar-refractivity contribution >= 4 is 11.8 Å². The maximum atomic E-state index is 13.4. The minimum Gasteiger partial charge on any atom is -0.387 e. The number of imide groups is 1. The van der Waals surface area contributed by atoms with Gasteiger partial charge in [-0.25, -0.2) is 4.39 Å². The molecule has 0 spiro atoms. The summed E-state index contributed by atoms with van der Waals surface area (Å²) in [6.45, 7) is 0.0124. The summed E-state index contributed by atoms with van der Waals surface area (Å²) in [5.41, 5.74) is 0.167. The molecule has 1 aromatic rings. The Hall–Kier alpha value is -1.79. The Morgan fingerprint density at radius 1 is 1.47 bits per heavy atom. The Morgan fingerprint density at radius 2 is 2.16 bits per heavy atom. The number of hydrogen-bond acceptors (Lipinski definition) is 4. The van der Waals surface area contributed by atoms with Crippen LogP contribution in [0.1, 0.15) is 18.1 Å². The molecule has 1 aromatic carbocycles. The fourth-order valence-electron chi connectivity index (χ4n) is 2.02. The number of carbonyl (C=O) groups is 2. The van der Waals surface area contributed by atoms with Crippen molar-refractivity contribution < 1.29 is 19.1 Å². The highest BCUT2D eigenvalue weighted by atomic mass is 19.1. The maximum absolute atomic E-state index is 13.4. The van der Waals surface area contributed by atoms with Gasteiger partial charge in [-0.1, -0.05) is 18.2 Å². The third-order valence-corrected chi connectivity index (χ3v) is 3.20. The first kappa shape index (κ1) is 13.6. The Kier molecular flexibility index (Phi) is 3.92. The molecule has 0 saturated carbocycles. The van der Waals surface area contributed by atoms with Crippen LogP contribution in [0.3, 0.4) is 0 Å². The molecule has 2 rings (SSSR count). The van der Waals surface area contributed by atoms with Crippen molar-refractivity contribution in [1.82, 2.24) is 10.2 Å². The summed E-state index contributed by atoms with van der Waals surface area (Å²) >= 11 is 0. The summed E-state index contributed by atoms with van der Waals surface area (Å²) in [6.07, 6.45) is -0.991. The van der Waals surface area contributed by atoms with Crippen LogP contribution in [0.2, 0.25) is 0 Å². The number of nitrogens with zero attached hydrogens (tertiary/aromatic N) is 1. The lowest BCUT2D eigenvalue weighted by Crippen LogP contribution is -2.39. The highest BCUT2D eigenvalue weighted by Crippen LogP contribution is 2.17. The van der Waals surface area contributed by atoms with Gasteiger partial charge in [0, 0.05) is 19.2 Å². The van der Waals surface area contributed by atoms with E-state index in [1.807, 2.05) is 0 Å². The molecule has 1 fully saturated rings. The molecule has 1 saturated heterocycles. The number of amides is 2. The van der Waals surface area contributed by atoms with Gasteiger partial charge in [0.2, 0.25) is 11.8 Å². The van der Waals surface area contributed by atoms with Gasteiger partial charge in [-0.3, -0.25) is 14.5 Å². The molecule has 2 atom stereocenters. The van der Waals surface area contributed by atoms with E-state index in [1.165, 1.54) is 25.2 Å². The summed E-state index contributed by atoms with van der Waals surface area (Å²) in [5, 5.41) is 12.7. The second-order valence-corrected chi connectivity index (χ2v) is 4.49. The number of rotatable bonds is 4. The van der Waals surface area contributed by atoms with Gasteiger partial charge in [0.15, 0.2) is 0 Å². The second kappa shape index (κ2) is 5.46. The Morgan fingerprint density at radius 3 is 2.74 bits per heavy atom. The van der Waals surface area contributed by atoms with Gasteiger partial charge in [-0.05, 0) is 6.07 Å². The van der Waals surface area contributed by atoms with Crippen LogP contribution in [0.4, 0.5) is 4.39 Å². The zero-order chi connectivity index (χ0) is 14.0. The molecule has 2 unspecified atom stereocenters. The summed E-state index contributed by atoms with van der Waals surface area (Å²) in [4.78, 5) is 24.0. The van der Waals surface area contributed by atoms with Crippen molar-refractivity contribution in [2.24, 2.45) is 0 Å². The first-order valence-electron chi connectivity index (χ1n) is 5.97. The number of nitrogens with one attached hydrogen (secondary N) is 1. The predicted molar refractivity (Wildman–Crippen MR) is 65.5 cm³/mol. The third kappa shape index (κ3) is 2.80. The Bertz CT molecular complexity index is 506. The third-order valence-electron chi connectivity index (χ3n) is 3.20. The first-order chi connectivity index (χ1) is 9.00. The molecule has 1 heterocycles. The van der Waals surface area contributed by atoms with E-state index in [0.29, 0.717) is 0 Å². The van der Waals surface area contributed by atoms with Gasteiger partial charge in [-0.2, -0.15) is 0 Å². The molecular weight excluding hydrogens is 251 g/mol. The van der Waals surface area contributed by atoms with Gasteiger partial charge >= 0.3 is 0 Å². The summed E-state index contributed by atoms with van der Waals surface area (Å²) in [5.74, 6) is -1.09. The van der Waals surface area contributed by atoms with Gasteiger partial charge in [0.05, 0.1) is 18.6 Å². The zero-order valence-corrected chi connectivity index (χ0v) is 10.5. The van der Waals surface area contributed by atoms with E-state index in [2.05, 4.69) is 5.32 Å². The normalized spacial score (nSPS) is 21.0. The average molecular weight is 266 g/mol. The molecule has 0 aromatic heterocycles. The van der Waals surface area contributed by atoms with Crippen molar-refractivity contribution in [2.75, 3.05) is 13.6 Å². The van der Waals surface area contributed by atoms with Crippen LogP contribution < -0.4 is 5.32 Å². The lowest BCUT2D eigenvalue weighted by molar-refractivity contribution is -0.137. The minimum atomic E-state index is -1.06. The minimum absolute atomic E-state index is 0.0124. The molecule has 1 aliphatic heterocycles. The van der Waals surface area contributed by atoms with Crippen molar-refractivity contribution in [1.29, 1.82) is 0 Å². The first-order valence-corrected chi connectivity index (χ1v) is 5.97. The highest BCUT2D eigenvalue weighted by molar-refractivity contribution is 6.05. The molecule has 6 heteroatoms. The molecular formula is C13H15FN2O3. The van der Waals surface area contributed by atoms with Crippen molar-refractivity contribution in [2.45, 2.75) is 18.6 Å². The van der Waals surface area contributed by atoms with Crippen molar-refractivity contribution in [3.05, 3.63) is 35.6 Å². The molecule has 0 aliphatic carbocycles. The fraction of sp³-hybridized carbons (Fsp3) is 0.385. The Balaban J connectivity index is 1.95. The molecule has 5 nitrogen and oxygen atoms in total. The van der Waals surface area contributed by atoms with Crippen LogP contribution >= 0.6 is 0 Å². The SMILES string of the molecule is CN1C(=O)CC(NCC(O)c2ccccc2F)C1=O.